The maximum atomic E-state index is 11.3. The van der Waals surface area contributed by atoms with Crippen molar-refractivity contribution in [2.75, 3.05) is 18.1 Å². The van der Waals surface area contributed by atoms with Crippen LogP contribution in [0.15, 0.2) is 12.3 Å². The summed E-state index contributed by atoms with van der Waals surface area (Å²) < 4.78 is 0. The van der Waals surface area contributed by atoms with E-state index in [0.29, 0.717) is 0 Å². The highest BCUT2D eigenvalue weighted by Crippen LogP contribution is 2.15. The number of nitrogens with two attached hydrogens (primary N) is 1. The molecule has 0 aliphatic carbocycles. The molecule has 0 saturated heterocycles. The molecule has 0 fully saturated rings. The van der Waals surface area contributed by atoms with Gasteiger partial charge < -0.3 is 21.5 Å². The van der Waals surface area contributed by atoms with E-state index >= 15 is 0 Å². The minimum Gasteiger partial charge on any atom is -0.478 e. The molecule has 7 heteroatoms. The lowest BCUT2D eigenvalue weighted by Gasteiger charge is -2.13. The monoisotopic (exact) mass is 238 g/mol. The zero-order valence-electron chi connectivity index (χ0n) is 9.52. The first-order chi connectivity index (χ1) is 7.95. The van der Waals surface area contributed by atoms with Crippen molar-refractivity contribution >= 4 is 23.4 Å². The molecule has 0 radical (unpaired) electrons. The lowest BCUT2D eigenvalue weighted by molar-refractivity contribution is -0.121. The fourth-order valence-corrected chi connectivity index (χ4v) is 1.23. The number of rotatable bonds is 4. The summed E-state index contributed by atoms with van der Waals surface area (Å²) in [5.41, 5.74) is 5.49. The van der Waals surface area contributed by atoms with E-state index in [1.54, 1.807) is 6.92 Å². The summed E-state index contributed by atoms with van der Waals surface area (Å²) in [5, 5.41) is 14.1. The first-order valence-electron chi connectivity index (χ1n) is 4.92. The molecule has 0 spiro atoms. The van der Waals surface area contributed by atoms with Gasteiger partial charge in [-0.05, 0) is 13.0 Å². The van der Waals surface area contributed by atoms with E-state index in [1.165, 1.54) is 19.3 Å². The molecule has 17 heavy (non-hydrogen) atoms. The molecule has 1 unspecified atom stereocenters. The van der Waals surface area contributed by atoms with Gasteiger partial charge in [-0.3, -0.25) is 4.79 Å². The SMILES string of the molecule is CNC(=O)C(C)Nc1cc(C(=O)O)c(N)cn1. The van der Waals surface area contributed by atoms with Gasteiger partial charge in [-0.2, -0.15) is 0 Å². The van der Waals surface area contributed by atoms with Gasteiger partial charge in [-0.1, -0.05) is 0 Å². The van der Waals surface area contributed by atoms with E-state index in [0.717, 1.165) is 0 Å². The summed E-state index contributed by atoms with van der Waals surface area (Å²) in [6.07, 6.45) is 1.24. The Bertz CT molecular complexity index is 447. The Balaban J connectivity index is 2.90. The van der Waals surface area contributed by atoms with Gasteiger partial charge in [0, 0.05) is 7.05 Å². The van der Waals surface area contributed by atoms with Crippen molar-refractivity contribution < 1.29 is 14.7 Å². The van der Waals surface area contributed by atoms with Gasteiger partial charge in [-0.15, -0.1) is 0 Å². The van der Waals surface area contributed by atoms with Gasteiger partial charge in [-0.25, -0.2) is 9.78 Å². The number of carbonyl (C=O) groups excluding carboxylic acids is 1. The Morgan fingerprint density at radius 3 is 2.71 bits per heavy atom. The van der Waals surface area contributed by atoms with E-state index in [2.05, 4.69) is 15.6 Å². The van der Waals surface area contributed by atoms with Crippen molar-refractivity contribution in [2.24, 2.45) is 0 Å². The molecule has 1 heterocycles. The minimum atomic E-state index is -1.14. The maximum absolute atomic E-state index is 11.3. The molecule has 1 atom stereocenters. The first kappa shape index (κ1) is 12.8. The first-order valence-corrected chi connectivity index (χ1v) is 4.92. The third kappa shape index (κ3) is 3.07. The number of aromatic nitrogens is 1. The number of anilines is 2. The zero-order valence-corrected chi connectivity index (χ0v) is 9.52. The molecule has 7 nitrogen and oxygen atoms in total. The number of likely N-dealkylation sites (N-methyl/N-ethyl adjacent to an activating group) is 1. The summed E-state index contributed by atoms with van der Waals surface area (Å²) in [7, 11) is 1.51. The highest BCUT2D eigenvalue weighted by Gasteiger charge is 2.14. The zero-order chi connectivity index (χ0) is 13.0. The molecular formula is C10H14N4O3. The highest BCUT2D eigenvalue weighted by molar-refractivity contribution is 5.94. The van der Waals surface area contributed by atoms with Crippen molar-refractivity contribution in [3.8, 4) is 0 Å². The molecule has 1 rings (SSSR count). The molecule has 1 aromatic heterocycles. The average Bonchev–Trinajstić information content (AvgIpc) is 2.30. The molecule has 1 aromatic rings. The summed E-state index contributed by atoms with van der Waals surface area (Å²) in [6, 6.07) is 0.773. The van der Waals surface area contributed by atoms with Crippen LogP contribution in [-0.4, -0.2) is 35.1 Å². The molecule has 92 valence electrons. The van der Waals surface area contributed by atoms with E-state index in [-0.39, 0.29) is 23.0 Å². The second-order valence-corrected chi connectivity index (χ2v) is 3.44. The number of nitrogens with one attached hydrogen (secondary N) is 2. The normalized spacial score (nSPS) is 11.6. The van der Waals surface area contributed by atoms with E-state index in [4.69, 9.17) is 10.8 Å². The van der Waals surface area contributed by atoms with Crippen LogP contribution in [0, 0.1) is 0 Å². The number of pyridine rings is 1. The lowest BCUT2D eigenvalue weighted by atomic mass is 10.2. The van der Waals surface area contributed by atoms with Crippen LogP contribution < -0.4 is 16.4 Å². The standard InChI is InChI=1S/C10H14N4O3/c1-5(9(15)12-2)14-8-3-6(10(16)17)7(11)4-13-8/h3-5H,11H2,1-2H3,(H,12,15)(H,13,14)(H,16,17). The van der Waals surface area contributed by atoms with Crippen LogP contribution in [0.4, 0.5) is 11.5 Å². The Labute approximate surface area is 98.0 Å². The smallest absolute Gasteiger partial charge is 0.337 e. The molecular weight excluding hydrogens is 224 g/mol. The Kier molecular flexibility index (Phi) is 3.86. The third-order valence-corrected chi connectivity index (χ3v) is 2.17. The van der Waals surface area contributed by atoms with E-state index < -0.39 is 12.0 Å². The Hall–Kier alpha value is -2.31. The second-order valence-electron chi connectivity index (χ2n) is 3.44. The van der Waals surface area contributed by atoms with Crippen LogP contribution >= 0.6 is 0 Å². The number of carboxylic acid groups (broad SMARTS) is 1. The average molecular weight is 238 g/mol. The van der Waals surface area contributed by atoms with Gasteiger partial charge in [0.2, 0.25) is 5.91 Å². The number of carbonyl (C=O) groups is 2. The number of carboxylic acids is 1. The third-order valence-electron chi connectivity index (χ3n) is 2.17. The van der Waals surface area contributed by atoms with Crippen molar-refractivity contribution in [1.29, 1.82) is 0 Å². The quantitative estimate of drug-likeness (QED) is 0.582. The van der Waals surface area contributed by atoms with Crippen molar-refractivity contribution in [3.05, 3.63) is 17.8 Å². The predicted octanol–water partition coefficient (Wildman–Crippen LogP) is -0.0916. The van der Waals surface area contributed by atoms with Crippen LogP contribution in [0.25, 0.3) is 0 Å². The van der Waals surface area contributed by atoms with Crippen LogP contribution in [0.1, 0.15) is 17.3 Å². The molecule has 0 saturated carbocycles. The van der Waals surface area contributed by atoms with Gasteiger partial charge in [0.1, 0.15) is 11.9 Å². The summed E-state index contributed by atoms with van der Waals surface area (Å²) in [5.74, 6) is -1.08. The number of hydrogen-bond donors (Lipinski definition) is 4. The molecule has 0 bridgehead atoms. The largest absolute Gasteiger partial charge is 0.478 e. The van der Waals surface area contributed by atoms with Gasteiger partial charge in [0.25, 0.3) is 0 Å². The Morgan fingerprint density at radius 1 is 1.53 bits per heavy atom. The van der Waals surface area contributed by atoms with E-state index in [9.17, 15) is 9.59 Å². The highest BCUT2D eigenvalue weighted by atomic mass is 16.4. The number of nitrogen functional groups attached to an aromatic ring is 1. The fourth-order valence-electron chi connectivity index (χ4n) is 1.23. The predicted molar refractivity (Wildman–Crippen MR) is 62.8 cm³/mol. The maximum Gasteiger partial charge on any atom is 0.337 e. The summed E-state index contributed by atoms with van der Waals surface area (Å²) in [4.78, 5) is 26.0. The molecule has 5 N–H and O–H groups in total. The van der Waals surface area contributed by atoms with Crippen LogP contribution in [0.2, 0.25) is 0 Å². The molecule has 0 aromatic carbocycles. The topological polar surface area (TPSA) is 117 Å². The summed E-state index contributed by atoms with van der Waals surface area (Å²) in [6.45, 7) is 1.64. The van der Waals surface area contributed by atoms with Crippen LogP contribution in [-0.2, 0) is 4.79 Å². The number of aromatic carboxylic acids is 1. The lowest BCUT2D eigenvalue weighted by Crippen LogP contribution is -2.35. The molecule has 0 aliphatic rings. The Morgan fingerprint density at radius 2 is 2.18 bits per heavy atom. The van der Waals surface area contributed by atoms with Crippen LogP contribution in [0.3, 0.4) is 0 Å². The molecule has 1 amide bonds. The van der Waals surface area contributed by atoms with Crippen molar-refractivity contribution in [2.45, 2.75) is 13.0 Å². The van der Waals surface area contributed by atoms with Crippen molar-refractivity contribution in [3.63, 3.8) is 0 Å². The fraction of sp³-hybridized carbons (Fsp3) is 0.300. The van der Waals surface area contributed by atoms with Gasteiger partial charge in [0.15, 0.2) is 0 Å². The van der Waals surface area contributed by atoms with E-state index in [1.807, 2.05) is 0 Å². The number of hydrogen-bond acceptors (Lipinski definition) is 5. The van der Waals surface area contributed by atoms with Gasteiger partial charge >= 0.3 is 5.97 Å². The number of amides is 1. The van der Waals surface area contributed by atoms with Crippen molar-refractivity contribution in [1.82, 2.24) is 10.3 Å². The van der Waals surface area contributed by atoms with Gasteiger partial charge in [0.05, 0.1) is 17.4 Å². The summed E-state index contributed by atoms with van der Waals surface area (Å²) >= 11 is 0. The molecule has 0 aliphatic heterocycles. The van der Waals surface area contributed by atoms with Crippen LogP contribution in [0.5, 0.6) is 0 Å². The minimum absolute atomic E-state index is 0.0494. The number of nitrogens with zero attached hydrogens (tertiary/aromatic N) is 1. The second kappa shape index (κ2) is 5.15.